The van der Waals surface area contributed by atoms with E-state index in [1.54, 1.807) is 24.3 Å². The molecule has 6 heteroatoms. The zero-order valence-electron chi connectivity index (χ0n) is 11.6. The summed E-state index contributed by atoms with van der Waals surface area (Å²) in [5, 5.41) is 3.62. The summed E-state index contributed by atoms with van der Waals surface area (Å²) in [6, 6.07) is 14.1. The van der Waals surface area contributed by atoms with Gasteiger partial charge in [-0.25, -0.2) is 8.42 Å². The highest BCUT2D eigenvalue weighted by atomic mass is 35.5. The summed E-state index contributed by atoms with van der Waals surface area (Å²) < 4.78 is 26.8. The predicted molar refractivity (Wildman–Crippen MR) is 86.9 cm³/mol. The number of benzene rings is 2. The third-order valence-corrected chi connectivity index (χ3v) is 4.39. The summed E-state index contributed by atoms with van der Waals surface area (Å²) in [5.41, 5.74) is 2.37. The van der Waals surface area contributed by atoms with Crippen LogP contribution in [0, 0.1) is 0 Å². The molecule has 0 saturated heterocycles. The minimum Gasteiger partial charge on any atom is -0.316 e. The van der Waals surface area contributed by atoms with Gasteiger partial charge in [0.15, 0.2) is 0 Å². The van der Waals surface area contributed by atoms with Crippen LogP contribution in [0.25, 0.3) is 0 Å². The zero-order valence-corrected chi connectivity index (χ0v) is 13.2. The SMILES string of the molecule is CNCc1ccc(CS(=O)(=O)Nc2ccc(Cl)cc2)cc1. The normalized spacial score (nSPS) is 11.3. The van der Waals surface area contributed by atoms with Crippen LogP contribution < -0.4 is 10.0 Å². The highest BCUT2D eigenvalue weighted by Crippen LogP contribution is 2.16. The Kier molecular flexibility index (Phi) is 5.22. The first-order valence-corrected chi connectivity index (χ1v) is 8.50. The molecule has 0 fully saturated rings. The molecule has 4 nitrogen and oxygen atoms in total. The van der Waals surface area contributed by atoms with Crippen molar-refractivity contribution in [1.82, 2.24) is 5.32 Å². The lowest BCUT2D eigenvalue weighted by Gasteiger charge is -2.09. The van der Waals surface area contributed by atoms with Crippen molar-refractivity contribution in [2.75, 3.05) is 11.8 Å². The second-order valence-electron chi connectivity index (χ2n) is 4.71. The van der Waals surface area contributed by atoms with E-state index >= 15 is 0 Å². The number of hydrogen-bond donors (Lipinski definition) is 2. The maximum absolute atomic E-state index is 12.1. The Morgan fingerprint density at radius 2 is 1.52 bits per heavy atom. The van der Waals surface area contributed by atoms with Gasteiger partial charge >= 0.3 is 0 Å². The fourth-order valence-corrected chi connectivity index (χ4v) is 3.24. The Hall–Kier alpha value is -1.56. The second kappa shape index (κ2) is 6.93. The number of rotatable bonds is 6. The molecule has 112 valence electrons. The van der Waals surface area contributed by atoms with Gasteiger partial charge in [0.2, 0.25) is 10.0 Å². The zero-order chi connectivity index (χ0) is 15.3. The Morgan fingerprint density at radius 3 is 2.10 bits per heavy atom. The van der Waals surface area contributed by atoms with Crippen molar-refractivity contribution in [3.63, 3.8) is 0 Å². The Morgan fingerprint density at radius 1 is 0.952 bits per heavy atom. The highest BCUT2D eigenvalue weighted by Gasteiger charge is 2.11. The van der Waals surface area contributed by atoms with E-state index in [0.717, 1.165) is 17.7 Å². The molecule has 2 aromatic rings. The van der Waals surface area contributed by atoms with Crippen molar-refractivity contribution in [1.29, 1.82) is 0 Å². The van der Waals surface area contributed by atoms with Crippen molar-refractivity contribution in [3.05, 3.63) is 64.7 Å². The molecule has 0 bridgehead atoms. The molecule has 21 heavy (non-hydrogen) atoms. The van der Waals surface area contributed by atoms with E-state index in [-0.39, 0.29) is 5.75 Å². The number of sulfonamides is 1. The van der Waals surface area contributed by atoms with Gasteiger partial charge < -0.3 is 5.32 Å². The van der Waals surface area contributed by atoms with Crippen LogP contribution >= 0.6 is 11.6 Å². The van der Waals surface area contributed by atoms with Crippen molar-refractivity contribution in [2.45, 2.75) is 12.3 Å². The summed E-state index contributed by atoms with van der Waals surface area (Å²) in [7, 11) is -1.56. The van der Waals surface area contributed by atoms with Crippen LogP contribution in [0.3, 0.4) is 0 Å². The minimum absolute atomic E-state index is 0.0601. The van der Waals surface area contributed by atoms with Crippen molar-refractivity contribution >= 4 is 27.3 Å². The van der Waals surface area contributed by atoms with E-state index in [0.29, 0.717) is 10.7 Å². The van der Waals surface area contributed by atoms with E-state index in [4.69, 9.17) is 11.6 Å². The monoisotopic (exact) mass is 324 g/mol. The Balaban J connectivity index is 2.04. The number of halogens is 1. The molecular weight excluding hydrogens is 308 g/mol. The van der Waals surface area contributed by atoms with Gasteiger partial charge in [0.25, 0.3) is 0 Å². The predicted octanol–water partition coefficient (Wildman–Crippen LogP) is 3.00. The molecule has 0 unspecified atom stereocenters. The standard InChI is InChI=1S/C15H17ClN2O2S/c1-17-10-12-2-4-13(5-3-12)11-21(19,20)18-15-8-6-14(16)7-9-15/h2-9,17-18H,10-11H2,1H3. The van der Waals surface area contributed by atoms with Crippen LogP contribution in [-0.2, 0) is 22.3 Å². The summed E-state index contributed by atoms with van der Waals surface area (Å²) >= 11 is 5.77. The molecule has 2 N–H and O–H groups in total. The first-order chi connectivity index (χ1) is 9.98. The third kappa shape index (κ3) is 5.04. The molecule has 0 saturated carbocycles. The molecule has 0 spiro atoms. The van der Waals surface area contributed by atoms with Gasteiger partial charge in [0.1, 0.15) is 0 Å². The first-order valence-electron chi connectivity index (χ1n) is 6.47. The summed E-state index contributed by atoms with van der Waals surface area (Å²) in [5.74, 6) is -0.0601. The second-order valence-corrected chi connectivity index (χ2v) is 6.87. The van der Waals surface area contributed by atoms with E-state index < -0.39 is 10.0 Å². The third-order valence-electron chi connectivity index (χ3n) is 2.88. The van der Waals surface area contributed by atoms with Gasteiger partial charge in [-0.1, -0.05) is 35.9 Å². The maximum Gasteiger partial charge on any atom is 0.236 e. The van der Waals surface area contributed by atoms with Crippen molar-refractivity contribution < 1.29 is 8.42 Å². The molecule has 0 aliphatic heterocycles. The lowest BCUT2D eigenvalue weighted by atomic mass is 10.1. The molecule has 0 aliphatic rings. The Bertz CT molecular complexity index is 683. The van der Waals surface area contributed by atoms with Crippen LogP contribution in [0.5, 0.6) is 0 Å². The topological polar surface area (TPSA) is 58.2 Å². The molecule has 0 atom stereocenters. The number of hydrogen-bond acceptors (Lipinski definition) is 3. The van der Waals surface area contributed by atoms with Gasteiger partial charge in [0.05, 0.1) is 5.75 Å². The van der Waals surface area contributed by atoms with E-state index in [1.165, 1.54) is 0 Å². The van der Waals surface area contributed by atoms with Gasteiger partial charge in [0, 0.05) is 17.3 Å². The lowest BCUT2D eigenvalue weighted by molar-refractivity contribution is 0.600. The van der Waals surface area contributed by atoms with Gasteiger partial charge in [-0.3, -0.25) is 4.72 Å². The van der Waals surface area contributed by atoms with E-state index in [1.807, 2.05) is 31.3 Å². The quantitative estimate of drug-likeness (QED) is 0.858. The van der Waals surface area contributed by atoms with Crippen LogP contribution in [0.15, 0.2) is 48.5 Å². The summed E-state index contributed by atoms with van der Waals surface area (Å²) in [4.78, 5) is 0. The van der Waals surface area contributed by atoms with Crippen LogP contribution in [-0.4, -0.2) is 15.5 Å². The van der Waals surface area contributed by atoms with E-state index in [9.17, 15) is 8.42 Å². The van der Waals surface area contributed by atoms with Gasteiger partial charge in [-0.05, 0) is 42.4 Å². The first kappa shape index (κ1) is 15.8. The fraction of sp³-hybridized carbons (Fsp3) is 0.200. The highest BCUT2D eigenvalue weighted by molar-refractivity contribution is 7.91. The average molecular weight is 325 g/mol. The summed E-state index contributed by atoms with van der Waals surface area (Å²) in [6.07, 6.45) is 0. The minimum atomic E-state index is -3.43. The van der Waals surface area contributed by atoms with Gasteiger partial charge in [-0.2, -0.15) is 0 Å². The summed E-state index contributed by atoms with van der Waals surface area (Å²) in [6.45, 7) is 0.760. The molecule has 2 aromatic carbocycles. The molecule has 0 radical (unpaired) electrons. The number of nitrogens with one attached hydrogen (secondary N) is 2. The molecule has 0 heterocycles. The molecule has 0 aliphatic carbocycles. The van der Waals surface area contributed by atoms with E-state index in [2.05, 4.69) is 10.0 Å². The van der Waals surface area contributed by atoms with Crippen molar-refractivity contribution in [2.24, 2.45) is 0 Å². The molecule has 2 rings (SSSR count). The van der Waals surface area contributed by atoms with Crippen LogP contribution in [0.2, 0.25) is 5.02 Å². The average Bonchev–Trinajstić information content (AvgIpc) is 2.43. The van der Waals surface area contributed by atoms with Crippen LogP contribution in [0.4, 0.5) is 5.69 Å². The maximum atomic E-state index is 12.1. The van der Waals surface area contributed by atoms with Crippen molar-refractivity contribution in [3.8, 4) is 0 Å². The molecule has 0 aromatic heterocycles. The largest absolute Gasteiger partial charge is 0.316 e. The number of anilines is 1. The van der Waals surface area contributed by atoms with Crippen LogP contribution in [0.1, 0.15) is 11.1 Å². The Labute approximate surface area is 130 Å². The smallest absolute Gasteiger partial charge is 0.236 e. The molecular formula is C15H17ClN2O2S. The molecule has 0 amide bonds. The van der Waals surface area contributed by atoms with Gasteiger partial charge in [-0.15, -0.1) is 0 Å². The lowest BCUT2D eigenvalue weighted by Crippen LogP contribution is -2.15. The fourth-order valence-electron chi connectivity index (χ4n) is 1.91.